The van der Waals surface area contributed by atoms with E-state index in [-0.39, 0.29) is 35.6 Å². The van der Waals surface area contributed by atoms with E-state index in [1.165, 1.54) is 12.1 Å². The van der Waals surface area contributed by atoms with Gasteiger partial charge in [-0.2, -0.15) is 0 Å². The Kier molecular flexibility index (Phi) is 12.1. The van der Waals surface area contributed by atoms with Crippen LogP contribution in [0.1, 0.15) is 44.0 Å². The van der Waals surface area contributed by atoms with E-state index in [1.807, 2.05) is 60.7 Å². The van der Waals surface area contributed by atoms with E-state index in [1.54, 1.807) is 60.8 Å². The molecule has 0 saturated carbocycles. The number of benzene rings is 4. The van der Waals surface area contributed by atoms with Gasteiger partial charge in [0.1, 0.15) is 12.4 Å². The minimum Gasteiger partial charge on any atom is -0.508 e. The maximum Gasteiger partial charge on any atom is 0.412 e. The van der Waals surface area contributed by atoms with Gasteiger partial charge in [-0.3, -0.25) is 19.9 Å². The summed E-state index contributed by atoms with van der Waals surface area (Å²) in [5.41, 5.74) is 3.14. The molecule has 3 atom stereocenters. The maximum absolute atomic E-state index is 13.8. The number of aromatic nitrogens is 1. The molecular weight excluding hydrogens is 620 g/mol. The minimum atomic E-state index is -1.08. The predicted molar refractivity (Wildman–Crippen MR) is 186 cm³/mol. The van der Waals surface area contributed by atoms with Gasteiger partial charge < -0.3 is 25.6 Å². The van der Waals surface area contributed by atoms with Crippen molar-refractivity contribution in [3.63, 3.8) is 0 Å². The molecule has 5 rings (SSSR count). The molecule has 0 radical (unpaired) electrons. The number of para-hydroxylation sites is 1. The molecule has 0 fully saturated rings. The van der Waals surface area contributed by atoms with Crippen molar-refractivity contribution >= 4 is 23.6 Å². The average Bonchev–Trinajstić information content (AvgIpc) is 3.12. The molecule has 3 amide bonds. The Labute approximate surface area is 284 Å². The first kappa shape index (κ1) is 34.3. The normalized spacial score (nSPS) is 12.6. The van der Waals surface area contributed by atoms with Crippen molar-refractivity contribution in [3.8, 4) is 5.75 Å². The first-order valence-corrected chi connectivity index (χ1v) is 15.9. The second-order valence-electron chi connectivity index (χ2n) is 11.6. The van der Waals surface area contributed by atoms with Crippen molar-refractivity contribution in [2.45, 2.75) is 44.1 Å². The standard InChI is InChI=1S/C39H38N4O6/c44-32-18-11-16-29(24-32)37(46)42-35(23-28-14-5-2-6-15-28)36(45)25-31(22-27-12-3-1-4-13-27)41-38(47)33-19-7-8-20-34(33)43-39(48)49-26-30-17-9-10-21-40-30/h1-21,24,31,35-36,44-45H,22-23,25-26H2,(H,41,47)(H,42,46)(H,43,48)/t31-,35-,36-/m0/s1. The number of phenols is 1. The summed E-state index contributed by atoms with van der Waals surface area (Å²) in [6.07, 6.45) is 0.598. The summed E-state index contributed by atoms with van der Waals surface area (Å²) in [5.74, 6) is -0.957. The van der Waals surface area contributed by atoms with E-state index in [4.69, 9.17) is 4.74 Å². The van der Waals surface area contributed by atoms with Crippen molar-refractivity contribution in [3.05, 3.63) is 162 Å². The molecule has 0 unspecified atom stereocenters. The lowest BCUT2D eigenvalue weighted by Gasteiger charge is -2.29. The van der Waals surface area contributed by atoms with Gasteiger partial charge in [0, 0.05) is 17.8 Å². The second-order valence-corrected chi connectivity index (χ2v) is 11.6. The number of carbonyl (C=O) groups excluding carboxylic acids is 3. The van der Waals surface area contributed by atoms with E-state index in [9.17, 15) is 24.6 Å². The van der Waals surface area contributed by atoms with Gasteiger partial charge in [0.2, 0.25) is 0 Å². The third kappa shape index (κ3) is 10.5. The maximum atomic E-state index is 13.8. The number of aliphatic hydroxyl groups is 1. The van der Waals surface area contributed by atoms with Crippen LogP contribution in [0.3, 0.4) is 0 Å². The van der Waals surface area contributed by atoms with Crippen LogP contribution in [0.25, 0.3) is 0 Å². The largest absolute Gasteiger partial charge is 0.508 e. The van der Waals surface area contributed by atoms with Crippen molar-refractivity contribution < 1.29 is 29.3 Å². The smallest absolute Gasteiger partial charge is 0.412 e. The molecule has 4 aromatic carbocycles. The SMILES string of the molecule is O=C(Nc1ccccc1C(=O)N[C@@H](Cc1ccccc1)C[C@H](O)[C@H](Cc1ccccc1)NC(=O)c1cccc(O)c1)OCc1ccccn1. The lowest BCUT2D eigenvalue weighted by Crippen LogP contribution is -2.48. The van der Waals surface area contributed by atoms with Crippen molar-refractivity contribution in [2.75, 3.05) is 5.32 Å². The van der Waals surface area contributed by atoms with Crippen LogP contribution in [-0.4, -0.2) is 51.3 Å². The summed E-state index contributed by atoms with van der Waals surface area (Å²) in [6.45, 7) is -0.0375. The molecule has 0 saturated heterocycles. The van der Waals surface area contributed by atoms with Gasteiger partial charge in [0.15, 0.2) is 0 Å². The van der Waals surface area contributed by atoms with Gasteiger partial charge in [-0.25, -0.2) is 4.79 Å². The van der Waals surface area contributed by atoms with Gasteiger partial charge in [0.05, 0.1) is 29.1 Å². The number of amides is 3. The summed E-state index contributed by atoms with van der Waals surface area (Å²) in [4.78, 5) is 43.8. The van der Waals surface area contributed by atoms with E-state index in [0.717, 1.165) is 11.1 Å². The average molecular weight is 659 g/mol. The summed E-state index contributed by atoms with van der Waals surface area (Å²) in [5, 5.41) is 30.2. The fraction of sp³-hybridized carbons (Fsp3) is 0.179. The van der Waals surface area contributed by atoms with E-state index in [2.05, 4.69) is 20.9 Å². The zero-order chi connectivity index (χ0) is 34.4. The molecule has 0 bridgehead atoms. The molecule has 1 aromatic heterocycles. The number of anilines is 1. The topological polar surface area (TPSA) is 150 Å². The molecular formula is C39H38N4O6. The number of carbonyl (C=O) groups is 3. The van der Waals surface area contributed by atoms with Gasteiger partial charge >= 0.3 is 6.09 Å². The summed E-state index contributed by atoms with van der Waals surface area (Å²) < 4.78 is 5.30. The number of aromatic hydroxyl groups is 1. The Balaban J connectivity index is 1.33. The van der Waals surface area contributed by atoms with Crippen molar-refractivity contribution in [1.29, 1.82) is 0 Å². The summed E-state index contributed by atoms with van der Waals surface area (Å²) in [6, 6.07) is 35.6. The first-order valence-electron chi connectivity index (χ1n) is 15.9. The number of nitrogens with one attached hydrogen (secondary N) is 3. The highest BCUT2D eigenvalue weighted by molar-refractivity contribution is 6.02. The van der Waals surface area contributed by atoms with Gasteiger partial charge in [0.25, 0.3) is 11.8 Å². The molecule has 5 N–H and O–H groups in total. The summed E-state index contributed by atoms with van der Waals surface area (Å²) >= 11 is 0. The third-order valence-electron chi connectivity index (χ3n) is 7.86. The molecule has 250 valence electrons. The Morgan fingerprint density at radius 2 is 1.39 bits per heavy atom. The zero-order valence-corrected chi connectivity index (χ0v) is 26.7. The van der Waals surface area contributed by atoms with Gasteiger partial charge in [-0.15, -0.1) is 0 Å². The third-order valence-corrected chi connectivity index (χ3v) is 7.86. The van der Waals surface area contributed by atoms with Crippen molar-refractivity contribution in [2.24, 2.45) is 0 Å². The van der Waals surface area contributed by atoms with Crippen LogP contribution in [0.5, 0.6) is 5.75 Å². The highest BCUT2D eigenvalue weighted by Crippen LogP contribution is 2.19. The van der Waals surface area contributed by atoms with E-state index < -0.39 is 36.1 Å². The number of phenolic OH excluding ortho intramolecular Hbond substituents is 1. The molecule has 10 heteroatoms. The van der Waals surface area contributed by atoms with Crippen LogP contribution >= 0.6 is 0 Å². The first-order chi connectivity index (χ1) is 23.8. The van der Waals surface area contributed by atoms with Crippen LogP contribution in [0.15, 0.2) is 134 Å². The monoisotopic (exact) mass is 658 g/mol. The van der Waals surface area contributed by atoms with Crippen LogP contribution in [0.2, 0.25) is 0 Å². The summed E-state index contributed by atoms with van der Waals surface area (Å²) in [7, 11) is 0. The van der Waals surface area contributed by atoms with Crippen LogP contribution < -0.4 is 16.0 Å². The fourth-order valence-electron chi connectivity index (χ4n) is 5.42. The molecule has 1 heterocycles. The predicted octanol–water partition coefficient (Wildman–Crippen LogP) is 5.67. The Bertz CT molecular complexity index is 1820. The Morgan fingerprint density at radius 3 is 2.08 bits per heavy atom. The molecule has 0 spiro atoms. The molecule has 5 aromatic rings. The number of pyridine rings is 1. The highest BCUT2D eigenvalue weighted by atomic mass is 16.5. The fourth-order valence-corrected chi connectivity index (χ4v) is 5.42. The van der Waals surface area contributed by atoms with Crippen LogP contribution in [-0.2, 0) is 24.2 Å². The number of ether oxygens (including phenoxy) is 1. The van der Waals surface area contributed by atoms with Gasteiger partial charge in [-0.1, -0.05) is 84.9 Å². The Morgan fingerprint density at radius 1 is 0.714 bits per heavy atom. The molecule has 0 aliphatic heterocycles. The quantitative estimate of drug-likeness (QED) is 0.103. The zero-order valence-electron chi connectivity index (χ0n) is 26.7. The van der Waals surface area contributed by atoms with E-state index >= 15 is 0 Å². The lowest BCUT2D eigenvalue weighted by molar-refractivity contribution is 0.0755. The number of hydrogen-bond donors (Lipinski definition) is 5. The van der Waals surface area contributed by atoms with Crippen molar-refractivity contribution in [1.82, 2.24) is 15.6 Å². The number of rotatable bonds is 14. The number of hydrogen-bond acceptors (Lipinski definition) is 7. The molecule has 0 aliphatic rings. The Hall–Kier alpha value is -6.00. The van der Waals surface area contributed by atoms with Crippen LogP contribution in [0.4, 0.5) is 10.5 Å². The second kappa shape index (κ2) is 17.2. The number of aliphatic hydroxyl groups excluding tert-OH is 1. The molecule has 10 nitrogen and oxygen atoms in total. The molecule has 49 heavy (non-hydrogen) atoms. The minimum absolute atomic E-state index is 0.0375. The number of nitrogens with zero attached hydrogens (tertiary/aromatic N) is 1. The van der Waals surface area contributed by atoms with Gasteiger partial charge in [-0.05, 0) is 72.9 Å². The van der Waals surface area contributed by atoms with Crippen LogP contribution in [0, 0.1) is 0 Å². The molecule has 0 aliphatic carbocycles. The highest BCUT2D eigenvalue weighted by Gasteiger charge is 2.27. The van der Waals surface area contributed by atoms with E-state index in [0.29, 0.717) is 18.5 Å². The lowest BCUT2D eigenvalue weighted by atomic mass is 9.93.